The third-order valence-electron chi connectivity index (χ3n) is 4.88. The molecule has 1 atom stereocenters. The number of hydrogen-bond acceptors (Lipinski definition) is 3. The van der Waals surface area contributed by atoms with Crippen LogP contribution in [0, 0.1) is 12.8 Å². The molecule has 1 saturated heterocycles. The van der Waals surface area contributed by atoms with Gasteiger partial charge in [-0.05, 0) is 25.5 Å². The fraction of sp³-hybridized carbons (Fsp3) is 0.450. The number of para-hydroxylation sites is 1. The summed E-state index contributed by atoms with van der Waals surface area (Å²) in [5.41, 5.74) is 2.50. The van der Waals surface area contributed by atoms with E-state index >= 15 is 0 Å². The molecular weight excluding hydrogens is 344 g/mol. The van der Waals surface area contributed by atoms with Crippen LogP contribution in [0.1, 0.15) is 38.4 Å². The summed E-state index contributed by atoms with van der Waals surface area (Å²) < 4.78 is 1.75. The van der Waals surface area contributed by atoms with E-state index in [1.54, 1.807) is 9.58 Å². The van der Waals surface area contributed by atoms with Crippen LogP contribution in [0.25, 0.3) is 5.69 Å². The van der Waals surface area contributed by atoms with E-state index in [0.29, 0.717) is 18.8 Å². The molecule has 7 heteroatoms. The van der Waals surface area contributed by atoms with Gasteiger partial charge < -0.3 is 10.0 Å². The Morgan fingerprint density at radius 2 is 1.89 bits per heavy atom. The fourth-order valence-corrected chi connectivity index (χ4v) is 3.44. The van der Waals surface area contributed by atoms with Gasteiger partial charge >= 0.3 is 12.0 Å². The first-order valence-corrected chi connectivity index (χ1v) is 9.12. The molecule has 1 aromatic carbocycles. The minimum Gasteiger partial charge on any atom is -0.481 e. The predicted molar refractivity (Wildman–Crippen MR) is 103 cm³/mol. The van der Waals surface area contributed by atoms with Crippen molar-refractivity contribution in [3.05, 3.63) is 41.6 Å². The van der Waals surface area contributed by atoms with Crippen molar-refractivity contribution in [3.8, 4) is 5.69 Å². The van der Waals surface area contributed by atoms with Gasteiger partial charge in [0.2, 0.25) is 0 Å². The zero-order valence-corrected chi connectivity index (χ0v) is 16.2. The summed E-state index contributed by atoms with van der Waals surface area (Å²) in [4.78, 5) is 25.5. The van der Waals surface area contributed by atoms with Crippen LogP contribution in [-0.2, 0) is 10.2 Å². The highest BCUT2D eigenvalue weighted by atomic mass is 16.4. The van der Waals surface area contributed by atoms with E-state index in [2.05, 4.69) is 26.1 Å². The zero-order chi connectivity index (χ0) is 19.8. The summed E-state index contributed by atoms with van der Waals surface area (Å²) in [6.07, 6.45) is 0.479. The number of amides is 2. The van der Waals surface area contributed by atoms with Crippen molar-refractivity contribution in [1.82, 2.24) is 14.7 Å². The zero-order valence-electron chi connectivity index (χ0n) is 16.2. The predicted octanol–water partition coefficient (Wildman–Crippen LogP) is 3.42. The maximum atomic E-state index is 12.8. The van der Waals surface area contributed by atoms with Gasteiger partial charge in [-0.1, -0.05) is 39.0 Å². The molecule has 27 heavy (non-hydrogen) atoms. The second-order valence-electron chi connectivity index (χ2n) is 8.02. The Morgan fingerprint density at radius 3 is 2.44 bits per heavy atom. The van der Waals surface area contributed by atoms with E-state index in [1.807, 2.05) is 37.3 Å². The summed E-state index contributed by atoms with van der Waals surface area (Å²) in [5, 5.41) is 16.9. The molecule has 1 aromatic heterocycles. The summed E-state index contributed by atoms with van der Waals surface area (Å²) in [5.74, 6) is -0.734. The molecule has 2 N–H and O–H groups in total. The maximum absolute atomic E-state index is 12.8. The van der Waals surface area contributed by atoms with Gasteiger partial charge in [0.05, 0.1) is 17.3 Å². The molecule has 2 aromatic rings. The number of carboxylic acids is 1. The number of nitrogens with zero attached hydrogens (tertiary/aromatic N) is 3. The van der Waals surface area contributed by atoms with Crippen LogP contribution in [-0.4, -0.2) is 44.9 Å². The Hall–Kier alpha value is -2.83. The SMILES string of the molecule is Cc1c(C(C)(C)C)nn(-c2ccccc2)c1NC(=O)N1CCC(C(=O)O)C1. The Balaban J connectivity index is 1.93. The van der Waals surface area contributed by atoms with Crippen molar-refractivity contribution in [2.75, 3.05) is 18.4 Å². The number of aromatic nitrogens is 2. The lowest BCUT2D eigenvalue weighted by Crippen LogP contribution is -2.34. The highest BCUT2D eigenvalue weighted by Gasteiger charge is 2.32. The average Bonchev–Trinajstić information content (AvgIpc) is 3.21. The minimum atomic E-state index is -0.856. The second-order valence-corrected chi connectivity index (χ2v) is 8.02. The van der Waals surface area contributed by atoms with E-state index in [4.69, 9.17) is 10.2 Å². The topological polar surface area (TPSA) is 87.5 Å². The fourth-order valence-electron chi connectivity index (χ4n) is 3.44. The van der Waals surface area contributed by atoms with Crippen LogP contribution in [0.5, 0.6) is 0 Å². The third-order valence-corrected chi connectivity index (χ3v) is 4.88. The van der Waals surface area contributed by atoms with Crippen molar-refractivity contribution in [1.29, 1.82) is 0 Å². The number of anilines is 1. The average molecular weight is 370 g/mol. The first-order valence-electron chi connectivity index (χ1n) is 9.12. The summed E-state index contributed by atoms with van der Waals surface area (Å²) in [7, 11) is 0. The van der Waals surface area contributed by atoms with Gasteiger partial charge in [-0.2, -0.15) is 5.10 Å². The van der Waals surface area contributed by atoms with Gasteiger partial charge in [0.1, 0.15) is 5.82 Å². The second kappa shape index (κ2) is 7.06. The summed E-state index contributed by atoms with van der Waals surface area (Å²) >= 11 is 0. The van der Waals surface area contributed by atoms with Crippen molar-refractivity contribution < 1.29 is 14.7 Å². The number of carbonyl (C=O) groups is 2. The third kappa shape index (κ3) is 3.82. The molecule has 1 aliphatic heterocycles. The number of likely N-dealkylation sites (tertiary alicyclic amines) is 1. The van der Waals surface area contributed by atoms with E-state index < -0.39 is 11.9 Å². The number of rotatable bonds is 3. The molecule has 0 bridgehead atoms. The van der Waals surface area contributed by atoms with Crippen LogP contribution in [0.4, 0.5) is 10.6 Å². The van der Waals surface area contributed by atoms with Gasteiger partial charge in [0.25, 0.3) is 0 Å². The first-order chi connectivity index (χ1) is 12.7. The van der Waals surface area contributed by atoms with E-state index in [9.17, 15) is 9.59 Å². The number of aliphatic carboxylic acids is 1. The standard InChI is InChI=1S/C20H26N4O3/c1-13-16(20(2,3)4)22-24(15-8-6-5-7-9-15)17(13)21-19(27)23-11-10-14(12-23)18(25)26/h5-9,14H,10-12H2,1-4H3,(H,21,27)(H,25,26). The monoisotopic (exact) mass is 370 g/mol. The molecule has 1 fully saturated rings. The Labute approximate surface area is 159 Å². The van der Waals surface area contributed by atoms with Gasteiger partial charge in [-0.25, -0.2) is 9.48 Å². The van der Waals surface area contributed by atoms with Crippen molar-refractivity contribution >= 4 is 17.8 Å². The van der Waals surface area contributed by atoms with E-state index in [-0.39, 0.29) is 18.0 Å². The smallest absolute Gasteiger partial charge is 0.323 e. The van der Waals surface area contributed by atoms with Crippen LogP contribution < -0.4 is 5.32 Å². The van der Waals surface area contributed by atoms with Crippen LogP contribution in [0.3, 0.4) is 0 Å². The van der Waals surface area contributed by atoms with Crippen molar-refractivity contribution in [3.63, 3.8) is 0 Å². The Morgan fingerprint density at radius 1 is 1.22 bits per heavy atom. The molecule has 1 unspecified atom stereocenters. The van der Waals surface area contributed by atoms with Gasteiger partial charge in [-0.15, -0.1) is 0 Å². The number of nitrogens with one attached hydrogen (secondary N) is 1. The van der Waals surface area contributed by atoms with Crippen LogP contribution in [0.2, 0.25) is 0 Å². The quantitative estimate of drug-likeness (QED) is 0.867. The molecule has 0 radical (unpaired) electrons. The van der Waals surface area contributed by atoms with Crippen molar-refractivity contribution in [2.45, 2.75) is 39.5 Å². The highest BCUT2D eigenvalue weighted by molar-refractivity contribution is 5.90. The lowest BCUT2D eigenvalue weighted by molar-refractivity contribution is -0.141. The summed E-state index contributed by atoms with van der Waals surface area (Å²) in [6, 6.07) is 9.35. The number of urea groups is 1. The molecule has 144 valence electrons. The lowest BCUT2D eigenvalue weighted by atomic mass is 9.90. The molecule has 1 aliphatic rings. The van der Waals surface area contributed by atoms with Gasteiger partial charge in [0, 0.05) is 24.1 Å². The van der Waals surface area contributed by atoms with E-state index in [0.717, 1.165) is 16.9 Å². The van der Waals surface area contributed by atoms with Gasteiger partial charge in [-0.3, -0.25) is 10.1 Å². The number of carboxylic acid groups (broad SMARTS) is 1. The number of carbonyl (C=O) groups excluding carboxylic acids is 1. The Bertz CT molecular complexity index is 852. The Kier molecular flexibility index (Phi) is 4.95. The van der Waals surface area contributed by atoms with Crippen LogP contribution in [0.15, 0.2) is 30.3 Å². The lowest BCUT2D eigenvalue weighted by Gasteiger charge is -2.18. The first kappa shape index (κ1) is 18.9. The highest BCUT2D eigenvalue weighted by Crippen LogP contribution is 2.31. The normalized spacial score (nSPS) is 17.2. The molecule has 0 spiro atoms. The maximum Gasteiger partial charge on any atom is 0.323 e. The molecule has 7 nitrogen and oxygen atoms in total. The molecular formula is C20H26N4O3. The molecule has 3 rings (SSSR count). The van der Waals surface area contributed by atoms with E-state index in [1.165, 1.54) is 0 Å². The van der Waals surface area contributed by atoms with Gasteiger partial charge in [0.15, 0.2) is 0 Å². The number of hydrogen-bond donors (Lipinski definition) is 2. The molecule has 2 heterocycles. The summed E-state index contributed by atoms with van der Waals surface area (Å²) in [6.45, 7) is 8.87. The molecule has 2 amide bonds. The largest absolute Gasteiger partial charge is 0.481 e. The van der Waals surface area contributed by atoms with Crippen LogP contribution >= 0.6 is 0 Å². The minimum absolute atomic E-state index is 0.175. The number of benzene rings is 1. The molecule has 0 aliphatic carbocycles. The van der Waals surface area contributed by atoms with Crippen molar-refractivity contribution in [2.24, 2.45) is 5.92 Å². The molecule has 0 saturated carbocycles.